The molecule has 1 aromatic rings. The largest absolute Gasteiger partial charge is 0.497 e. The van der Waals surface area contributed by atoms with Gasteiger partial charge in [0.25, 0.3) is 0 Å². The normalized spacial score (nSPS) is 23.9. The molecule has 0 saturated heterocycles. The van der Waals surface area contributed by atoms with Crippen molar-refractivity contribution in [1.29, 1.82) is 0 Å². The van der Waals surface area contributed by atoms with E-state index < -0.39 is 0 Å². The fraction of sp³-hybridized carbons (Fsp3) is 0.667. The summed E-state index contributed by atoms with van der Waals surface area (Å²) in [6, 6.07) is 7.92. The first-order valence-corrected chi connectivity index (χ1v) is 8.29. The van der Waals surface area contributed by atoms with Crippen LogP contribution >= 0.6 is 0 Å². The Bertz CT molecular complexity index is 435. The molecule has 0 amide bonds. The van der Waals surface area contributed by atoms with E-state index in [4.69, 9.17) is 4.74 Å². The van der Waals surface area contributed by atoms with E-state index in [1.165, 1.54) is 68.9 Å². The maximum atomic E-state index is 5.36. The van der Waals surface area contributed by atoms with Crippen LogP contribution in [0.1, 0.15) is 68.5 Å². The van der Waals surface area contributed by atoms with Crippen molar-refractivity contribution < 1.29 is 4.74 Å². The number of methoxy groups -OCH3 is 1. The molecule has 1 N–H and O–H groups in total. The highest BCUT2D eigenvalue weighted by Crippen LogP contribution is 2.33. The second kappa shape index (κ2) is 6.62. The summed E-state index contributed by atoms with van der Waals surface area (Å²) in [5, 5.41) is 3.95. The van der Waals surface area contributed by atoms with Gasteiger partial charge < -0.3 is 10.1 Å². The zero-order valence-electron chi connectivity index (χ0n) is 12.7. The first-order valence-electron chi connectivity index (χ1n) is 8.29. The third-order valence-electron chi connectivity index (χ3n) is 4.96. The number of aryl methyl sites for hydroxylation is 1. The lowest BCUT2D eigenvalue weighted by Gasteiger charge is -2.30. The van der Waals surface area contributed by atoms with Crippen molar-refractivity contribution in [2.75, 3.05) is 7.11 Å². The lowest BCUT2D eigenvalue weighted by atomic mass is 9.86. The third-order valence-corrected chi connectivity index (χ3v) is 4.96. The summed E-state index contributed by atoms with van der Waals surface area (Å²) in [5.41, 5.74) is 3.00. The van der Waals surface area contributed by atoms with Crippen LogP contribution in [0.5, 0.6) is 5.75 Å². The molecule has 0 bridgehead atoms. The highest BCUT2D eigenvalue weighted by molar-refractivity contribution is 5.39. The van der Waals surface area contributed by atoms with Crippen molar-refractivity contribution in [3.63, 3.8) is 0 Å². The van der Waals surface area contributed by atoms with Crippen LogP contribution in [-0.2, 0) is 6.42 Å². The Morgan fingerprint density at radius 1 is 1.00 bits per heavy atom. The van der Waals surface area contributed by atoms with Crippen LogP contribution in [0, 0.1) is 0 Å². The smallest absolute Gasteiger partial charge is 0.119 e. The molecule has 0 aromatic heterocycles. The van der Waals surface area contributed by atoms with Crippen LogP contribution in [0.25, 0.3) is 0 Å². The van der Waals surface area contributed by atoms with Crippen LogP contribution in [0.3, 0.4) is 0 Å². The lowest BCUT2D eigenvalue weighted by molar-refractivity contribution is 0.366. The monoisotopic (exact) mass is 273 g/mol. The minimum absolute atomic E-state index is 0.563. The molecule has 0 aliphatic heterocycles. The summed E-state index contributed by atoms with van der Waals surface area (Å²) >= 11 is 0. The summed E-state index contributed by atoms with van der Waals surface area (Å²) in [4.78, 5) is 0. The molecule has 1 atom stereocenters. The van der Waals surface area contributed by atoms with Gasteiger partial charge in [-0.05, 0) is 55.4 Å². The van der Waals surface area contributed by atoms with Gasteiger partial charge in [-0.25, -0.2) is 0 Å². The van der Waals surface area contributed by atoms with Gasteiger partial charge in [0.05, 0.1) is 7.11 Å². The molecule has 0 heterocycles. The van der Waals surface area contributed by atoms with Gasteiger partial charge in [0.15, 0.2) is 0 Å². The van der Waals surface area contributed by atoms with Gasteiger partial charge in [-0.1, -0.05) is 31.7 Å². The molecule has 1 saturated carbocycles. The molecule has 110 valence electrons. The van der Waals surface area contributed by atoms with Gasteiger partial charge in [-0.3, -0.25) is 0 Å². The Labute approximate surface area is 122 Å². The van der Waals surface area contributed by atoms with Gasteiger partial charge in [0.2, 0.25) is 0 Å². The van der Waals surface area contributed by atoms with Crippen molar-refractivity contribution in [3.05, 3.63) is 29.3 Å². The van der Waals surface area contributed by atoms with E-state index >= 15 is 0 Å². The Morgan fingerprint density at radius 3 is 2.55 bits per heavy atom. The summed E-state index contributed by atoms with van der Waals surface area (Å²) in [7, 11) is 1.76. The summed E-state index contributed by atoms with van der Waals surface area (Å²) in [6.07, 6.45) is 12.2. The van der Waals surface area contributed by atoms with Crippen molar-refractivity contribution in [1.82, 2.24) is 5.32 Å². The van der Waals surface area contributed by atoms with Gasteiger partial charge in [0.1, 0.15) is 5.75 Å². The molecule has 2 aliphatic carbocycles. The second-order valence-electron chi connectivity index (χ2n) is 6.36. The van der Waals surface area contributed by atoms with E-state index in [0.717, 1.165) is 11.8 Å². The topological polar surface area (TPSA) is 21.3 Å². The molecule has 1 fully saturated rings. The molecule has 1 unspecified atom stereocenters. The van der Waals surface area contributed by atoms with Crippen LogP contribution in [0.2, 0.25) is 0 Å². The minimum atomic E-state index is 0.563. The third kappa shape index (κ3) is 3.17. The van der Waals surface area contributed by atoms with Gasteiger partial charge in [0, 0.05) is 12.1 Å². The average molecular weight is 273 g/mol. The number of ether oxygens (including phenoxy) is 1. The van der Waals surface area contributed by atoms with Gasteiger partial charge in [-0.15, -0.1) is 0 Å². The summed E-state index contributed by atoms with van der Waals surface area (Å²) in [6.45, 7) is 0. The molecule has 2 heteroatoms. The maximum Gasteiger partial charge on any atom is 0.119 e. The quantitative estimate of drug-likeness (QED) is 0.825. The van der Waals surface area contributed by atoms with Crippen molar-refractivity contribution in [2.24, 2.45) is 0 Å². The number of fused-ring (bicyclic) bond motifs is 1. The maximum absolute atomic E-state index is 5.36. The molecular formula is C18H27NO. The van der Waals surface area contributed by atoms with Crippen LogP contribution in [0.4, 0.5) is 0 Å². The molecule has 1 aromatic carbocycles. The molecule has 2 nitrogen and oxygen atoms in total. The number of hydrogen-bond acceptors (Lipinski definition) is 2. The lowest BCUT2D eigenvalue weighted by Crippen LogP contribution is -2.34. The predicted octanol–water partition coefficient (Wildman–Crippen LogP) is 4.39. The van der Waals surface area contributed by atoms with E-state index in [9.17, 15) is 0 Å². The Morgan fingerprint density at radius 2 is 1.80 bits per heavy atom. The standard InChI is InChI=1S/C18H27NO/c1-20-16-11-12-17-14(13-16)7-6-10-18(17)19-15-8-4-2-3-5-9-15/h11-13,15,18-19H,2-10H2,1H3. The molecule has 20 heavy (non-hydrogen) atoms. The average Bonchev–Trinajstić information content (AvgIpc) is 2.75. The van der Waals surface area contributed by atoms with Crippen molar-refractivity contribution in [2.45, 2.75) is 69.9 Å². The minimum Gasteiger partial charge on any atom is -0.497 e. The second-order valence-corrected chi connectivity index (χ2v) is 6.36. The molecule has 2 aliphatic rings. The predicted molar refractivity (Wildman–Crippen MR) is 83.3 cm³/mol. The summed E-state index contributed by atoms with van der Waals surface area (Å²) < 4.78 is 5.36. The molecule has 0 radical (unpaired) electrons. The zero-order valence-corrected chi connectivity index (χ0v) is 12.7. The Balaban J connectivity index is 1.72. The highest BCUT2D eigenvalue weighted by atomic mass is 16.5. The van der Waals surface area contributed by atoms with Gasteiger partial charge in [-0.2, -0.15) is 0 Å². The van der Waals surface area contributed by atoms with Crippen molar-refractivity contribution >= 4 is 0 Å². The van der Waals surface area contributed by atoms with Gasteiger partial charge >= 0.3 is 0 Å². The van der Waals surface area contributed by atoms with Crippen LogP contribution in [-0.4, -0.2) is 13.2 Å². The van der Waals surface area contributed by atoms with E-state index in [2.05, 4.69) is 23.5 Å². The number of rotatable bonds is 3. The van der Waals surface area contributed by atoms with E-state index in [0.29, 0.717) is 6.04 Å². The Kier molecular flexibility index (Phi) is 4.62. The fourth-order valence-corrected chi connectivity index (χ4v) is 3.82. The first-order chi connectivity index (χ1) is 9.86. The first kappa shape index (κ1) is 13.9. The Hall–Kier alpha value is -1.02. The summed E-state index contributed by atoms with van der Waals surface area (Å²) in [5.74, 6) is 0.999. The molecule has 0 spiro atoms. The van der Waals surface area contributed by atoms with Crippen LogP contribution < -0.4 is 10.1 Å². The zero-order chi connectivity index (χ0) is 13.8. The number of benzene rings is 1. The molecular weight excluding hydrogens is 246 g/mol. The van der Waals surface area contributed by atoms with Crippen LogP contribution in [0.15, 0.2) is 18.2 Å². The fourth-order valence-electron chi connectivity index (χ4n) is 3.82. The van der Waals surface area contributed by atoms with Crippen molar-refractivity contribution in [3.8, 4) is 5.75 Å². The number of nitrogens with one attached hydrogen (secondary N) is 1. The van der Waals surface area contributed by atoms with E-state index in [1.54, 1.807) is 7.11 Å². The molecule has 3 rings (SSSR count). The van der Waals surface area contributed by atoms with E-state index in [1.807, 2.05) is 0 Å². The highest BCUT2D eigenvalue weighted by Gasteiger charge is 2.23. The SMILES string of the molecule is COc1ccc2c(c1)CCCC2NC1CCCCCC1. The number of hydrogen-bond donors (Lipinski definition) is 1. The van der Waals surface area contributed by atoms with E-state index in [-0.39, 0.29) is 0 Å².